The standard InChI is InChI=1S/C34H46N4O6S/c1-4-23-37(45(42,43)30-21-19-27(35)20-22-30)29(24-39)18-12-17-28(5-2)38(34(41)44-3)33(40)32(36)31(25-13-8-6-9-14-25)26-15-10-7-11-16-26/h6-11,13-16,19-22,28-29,31-32,39H,4-5,12,17-18,23-24,35-36H2,1-3H3/t28-,29-,32-/m0/s1. The largest absolute Gasteiger partial charge is 0.452 e. The fraction of sp³-hybridized carbons (Fsp3) is 0.412. The smallest absolute Gasteiger partial charge is 0.416 e. The first-order chi connectivity index (χ1) is 21.6. The SMILES string of the molecule is CCCN([C@H](CO)CCC[C@H](CC)N(C(=O)OC)C(=O)[C@@H](N)C(c1ccccc1)c1ccccc1)S(=O)(=O)c1ccc(N)cc1. The third-order valence-corrected chi connectivity index (χ3v) is 10.00. The molecule has 0 bridgehead atoms. The molecule has 3 atom stereocenters. The molecule has 0 fully saturated rings. The molecule has 11 heteroatoms. The number of methoxy groups -OCH3 is 1. The highest BCUT2D eigenvalue weighted by Gasteiger charge is 2.38. The van der Waals surface area contributed by atoms with E-state index in [0.29, 0.717) is 37.8 Å². The fourth-order valence-corrected chi connectivity index (χ4v) is 7.41. The predicted octanol–water partition coefficient (Wildman–Crippen LogP) is 4.73. The molecule has 0 saturated heterocycles. The Morgan fingerprint density at radius 2 is 1.40 bits per heavy atom. The van der Waals surface area contributed by atoms with Crippen molar-refractivity contribution in [3.63, 3.8) is 0 Å². The van der Waals surface area contributed by atoms with E-state index in [2.05, 4.69) is 0 Å². The van der Waals surface area contributed by atoms with E-state index in [1.54, 1.807) is 0 Å². The summed E-state index contributed by atoms with van der Waals surface area (Å²) in [5.41, 5.74) is 14.6. The second kappa shape index (κ2) is 17.1. The summed E-state index contributed by atoms with van der Waals surface area (Å²) in [5, 5.41) is 10.3. The van der Waals surface area contributed by atoms with E-state index >= 15 is 0 Å². The van der Waals surface area contributed by atoms with Crippen molar-refractivity contribution in [2.24, 2.45) is 5.73 Å². The number of ether oxygens (including phenoxy) is 1. The van der Waals surface area contributed by atoms with Gasteiger partial charge in [-0.2, -0.15) is 4.31 Å². The van der Waals surface area contributed by atoms with Crippen LogP contribution < -0.4 is 11.5 Å². The number of aliphatic hydroxyl groups is 1. The van der Waals surface area contributed by atoms with E-state index in [1.165, 1.54) is 35.7 Å². The van der Waals surface area contributed by atoms with Crippen LogP contribution >= 0.6 is 0 Å². The van der Waals surface area contributed by atoms with Crippen LogP contribution in [0.15, 0.2) is 89.8 Å². The minimum Gasteiger partial charge on any atom is -0.452 e. The molecule has 0 aliphatic rings. The molecule has 3 rings (SSSR count). The Morgan fingerprint density at radius 3 is 1.87 bits per heavy atom. The molecule has 5 N–H and O–H groups in total. The lowest BCUT2D eigenvalue weighted by Crippen LogP contribution is -2.53. The van der Waals surface area contributed by atoms with E-state index in [4.69, 9.17) is 16.2 Å². The Hall–Kier alpha value is -3.77. The monoisotopic (exact) mass is 638 g/mol. The van der Waals surface area contributed by atoms with Crippen LogP contribution in [-0.4, -0.2) is 73.1 Å². The quantitative estimate of drug-likeness (QED) is 0.190. The van der Waals surface area contributed by atoms with Gasteiger partial charge in [-0.1, -0.05) is 74.5 Å². The average Bonchev–Trinajstić information content (AvgIpc) is 3.06. The lowest BCUT2D eigenvalue weighted by atomic mass is 9.84. The second-order valence-corrected chi connectivity index (χ2v) is 12.9. The molecule has 0 unspecified atom stereocenters. The van der Waals surface area contributed by atoms with Crippen molar-refractivity contribution >= 4 is 27.7 Å². The number of imide groups is 1. The molecule has 3 aromatic carbocycles. The number of nitrogens with two attached hydrogens (primary N) is 2. The molecule has 0 aliphatic carbocycles. The minimum absolute atomic E-state index is 0.0953. The summed E-state index contributed by atoms with van der Waals surface area (Å²) in [5.74, 6) is -1.08. The van der Waals surface area contributed by atoms with Crippen LogP contribution in [0.25, 0.3) is 0 Å². The maximum atomic E-state index is 14.1. The van der Waals surface area contributed by atoms with Gasteiger partial charge in [0.15, 0.2) is 0 Å². The molecule has 2 amide bonds. The lowest BCUT2D eigenvalue weighted by Gasteiger charge is -2.34. The van der Waals surface area contributed by atoms with Crippen LogP contribution in [0, 0.1) is 0 Å². The van der Waals surface area contributed by atoms with Crippen molar-refractivity contribution in [1.29, 1.82) is 0 Å². The summed E-state index contributed by atoms with van der Waals surface area (Å²) in [6, 6.07) is 22.5. The van der Waals surface area contributed by atoms with Crippen molar-refractivity contribution in [3.05, 3.63) is 96.1 Å². The molecule has 0 aliphatic heterocycles. The molecule has 10 nitrogen and oxygen atoms in total. The Bertz CT molecular complexity index is 1420. The van der Waals surface area contributed by atoms with E-state index in [9.17, 15) is 23.1 Å². The molecular weight excluding hydrogens is 592 g/mol. The van der Waals surface area contributed by atoms with Crippen LogP contribution in [-0.2, 0) is 19.6 Å². The zero-order valence-corrected chi connectivity index (χ0v) is 27.1. The number of amides is 2. The summed E-state index contributed by atoms with van der Waals surface area (Å²) < 4.78 is 33.4. The van der Waals surface area contributed by atoms with Gasteiger partial charge in [-0.05, 0) is 67.5 Å². The van der Waals surface area contributed by atoms with Gasteiger partial charge in [-0.3, -0.25) is 4.79 Å². The van der Waals surface area contributed by atoms with E-state index in [-0.39, 0.29) is 18.0 Å². The minimum atomic E-state index is -3.91. The number of rotatable bonds is 16. The maximum Gasteiger partial charge on any atom is 0.416 e. The Kier molecular flexibility index (Phi) is 13.5. The third kappa shape index (κ3) is 8.91. The van der Waals surface area contributed by atoms with Gasteiger partial charge in [0.2, 0.25) is 15.9 Å². The Balaban J connectivity index is 1.83. The molecule has 0 aromatic heterocycles. The van der Waals surface area contributed by atoms with Gasteiger partial charge in [-0.25, -0.2) is 18.1 Å². The number of carbonyl (C=O) groups excluding carboxylic acids is 2. The van der Waals surface area contributed by atoms with Crippen molar-refractivity contribution in [2.45, 2.75) is 74.9 Å². The summed E-state index contributed by atoms with van der Waals surface area (Å²) >= 11 is 0. The number of anilines is 1. The topological polar surface area (TPSA) is 156 Å². The van der Waals surface area contributed by atoms with Gasteiger partial charge in [0, 0.05) is 30.2 Å². The fourth-order valence-electron chi connectivity index (χ4n) is 5.67. The van der Waals surface area contributed by atoms with Crippen molar-refractivity contribution < 1.29 is 27.9 Å². The highest BCUT2D eigenvalue weighted by molar-refractivity contribution is 7.89. The number of hydrogen-bond donors (Lipinski definition) is 3. The first-order valence-electron chi connectivity index (χ1n) is 15.3. The van der Waals surface area contributed by atoms with Gasteiger partial charge >= 0.3 is 6.09 Å². The summed E-state index contributed by atoms with van der Waals surface area (Å²) in [6.07, 6.45) is 1.28. The number of aliphatic hydroxyl groups excluding tert-OH is 1. The van der Waals surface area contributed by atoms with Crippen LogP contribution in [0.5, 0.6) is 0 Å². The number of nitrogens with zero attached hydrogens (tertiary/aromatic N) is 2. The van der Waals surface area contributed by atoms with Gasteiger partial charge in [-0.15, -0.1) is 0 Å². The number of nitrogen functional groups attached to an aromatic ring is 1. The van der Waals surface area contributed by atoms with Crippen molar-refractivity contribution in [3.8, 4) is 0 Å². The number of sulfonamides is 1. The molecular formula is C34H46N4O6S. The Labute approximate surface area is 267 Å². The van der Waals surface area contributed by atoms with Crippen LogP contribution in [0.2, 0.25) is 0 Å². The summed E-state index contributed by atoms with van der Waals surface area (Å²) in [4.78, 5) is 28.4. The number of benzene rings is 3. The van der Waals surface area contributed by atoms with Gasteiger partial charge in [0.05, 0.1) is 24.7 Å². The maximum absolute atomic E-state index is 14.1. The van der Waals surface area contributed by atoms with Gasteiger partial charge in [0.1, 0.15) is 0 Å². The van der Waals surface area contributed by atoms with Gasteiger partial charge < -0.3 is 21.3 Å². The first-order valence-corrected chi connectivity index (χ1v) is 16.8. The van der Waals surface area contributed by atoms with Gasteiger partial charge in [0.25, 0.3) is 0 Å². The number of hydrogen-bond acceptors (Lipinski definition) is 8. The lowest BCUT2D eigenvalue weighted by molar-refractivity contribution is -0.133. The number of carbonyl (C=O) groups is 2. The molecule has 45 heavy (non-hydrogen) atoms. The van der Waals surface area contributed by atoms with E-state index in [1.807, 2.05) is 74.5 Å². The normalized spacial score (nSPS) is 13.8. The highest BCUT2D eigenvalue weighted by Crippen LogP contribution is 2.30. The molecule has 0 spiro atoms. The summed E-state index contributed by atoms with van der Waals surface area (Å²) in [6.45, 7) is 3.57. The Morgan fingerprint density at radius 1 is 0.867 bits per heavy atom. The van der Waals surface area contributed by atoms with E-state index in [0.717, 1.165) is 16.0 Å². The van der Waals surface area contributed by atoms with Crippen LogP contribution in [0.1, 0.15) is 63.0 Å². The third-order valence-electron chi connectivity index (χ3n) is 8.03. The van der Waals surface area contributed by atoms with Crippen molar-refractivity contribution in [2.75, 3.05) is 26.0 Å². The molecule has 0 heterocycles. The molecule has 3 aromatic rings. The summed E-state index contributed by atoms with van der Waals surface area (Å²) in [7, 11) is -2.68. The first kappa shape index (κ1) is 35.7. The highest BCUT2D eigenvalue weighted by atomic mass is 32.2. The average molecular weight is 639 g/mol. The van der Waals surface area contributed by atoms with Crippen molar-refractivity contribution in [1.82, 2.24) is 9.21 Å². The molecule has 0 radical (unpaired) electrons. The van der Waals surface area contributed by atoms with Crippen LogP contribution in [0.4, 0.5) is 10.5 Å². The van der Waals surface area contributed by atoms with E-state index < -0.39 is 46.1 Å². The van der Waals surface area contributed by atoms with Crippen LogP contribution in [0.3, 0.4) is 0 Å². The molecule has 244 valence electrons. The second-order valence-electron chi connectivity index (χ2n) is 11.0. The predicted molar refractivity (Wildman–Crippen MR) is 176 cm³/mol. The zero-order chi connectivity index (χ0) is 33.0. The zero-order valence-electron chi connectivity index (χ0n) is 26.3. The molecule has 0 saturated carbocycles.